The van der Waals surface area contributed by atoms with Crippen molar-refractivity contribution in [3.63, 3.8) is 0 Å². The summed E-state index contributed by atoms with van der Waals surface area (Å²) in [6, 6.07) is -0.907. The number of carboxylic acid groups (broad SMARTS) is 1. The molecule has 0 saturated carbocycles. The summed E-state index contributed by atoms with van der Waals surface area (Å²) >= 11 is 0. The highest BCUT2D eigenvalue weighted by molar-refractivity contribution is 5.76. The minimum atomic E-state index is -1.05. The zero-order chi connectivity index (χ0) is 9.56. The Labute approximate surface area is 69.7 Å². The third-order valence-corrected chi connectivity index (χ3v) is 1.04. The lowest BCUT2D eigenvalue weighted by atomic mass is 10.2. The van der Waals surface area contributed by atoms with Crippen LogP contribution in [0.2, 0.25) is 0 Å². The molecular formula is C6H12N4O2. The smallest absolute Gasteiger partial charge is 0.320 e. The zero-order valence-electron chi connectivity index (χ0n) is 6.47. The minimum absolute atomic E-state index is 0.0739. The van der Waals surface area contributed by atoms with Crippen LogP contribution in [-0.4, -0.2) is 23.1 Å². The molecule has 0 saturated heterocycles. The number of rotatable bonds is 4. The van der Waals surface area contributed by atoms with Crippen LogP contribution in [0.4, 0.5) is 0 Å². The molecule has 0 fully saturated rings. The van der Waals surface area contributed by atoms with E-state index in [1.165, 1.54) is 12.3 Å². The van der Waals surface area contributed by atoms with E-state index < -0.39 is 12.0 Å². The zero-order valence-corrected chi connectivity index (χ0v) is 6.47. The van der Waals surface area contributed by atoms with Crippen LogP contribution in [0.5, 0.6) is 0 Å². The van der Waals surface area contributed by atoms with Crippen LogP contribution in [0.1, 0.15) is 6.42 Å². The van der Waals surface area contributed by atoms with Crippen molar-refractivity contribution < 1.29 is 9.90 Å². The summed E-state index contributed by atoms with van der Waals surface area (Å²) in [6.45, 7) is 0. The van der Waals surface area contributed by atoms with Gasteiger partial charge in [-0.15, -0.1) is 0 Å². The van der Waals surface area contributed by atoms with Gasteiger partial charge >= 0.3 is 5.97 Å². The van der Waals surface area contributed by atoms with Crippen molar-refractivity contribution in [3.05, 3.63) is 12.3 Å². The summed E-state index contributed by atoms with van der Waals surface area (Å²) in [5.74, 6) is -1.13. The quantitative estimate of drug-likeness (QED) is 0.305. The standard InChI is InChI=1S/C6H12N4O2/c7-4(5(11)12)2-1-3-10-6(8)9/h1,3-4H,2,7H2,(H,11,12)(H4,8,9,10)/b3-1+. The summed E-state index contributed by atoms with van der Waals surface area (Å²) in [5.41, 5.74) is 15.2. The lowest BCUT2D eigenvalue weighted by molar-refractivity contribution is -0.138. The van der Waals surface area contributed by atoms with Gasteiger partial charge in [0.25, 0.3) is 0 Å². The fraction of sp³-hybridized carbons (Fsp3) is 0.333. The number of hydrogen-bond acceptors (Lipinski definition) is 3. The average Bonchev–Trinajstić information content (AvgIpc) is 1.97. The molecule has 1 unspecified atom stereocenters. The second-order valence-electron chi connectivity index (χ2n) is 2.12. The van der Waals surface area contributed by atoms with Crippen molar-refractivity contribution >= 4 is 11.9 Å². The molecule has 0 aromatic heterocycles. The monoisotopic (exact) mass is 172 g/mol. The summed E-state index contributed by atoms with van der Waals surface area (Å²) in [6.07, 6.45) is 3.00. The lowest BCUT2D eigenvalue weighted by Gasteiger charge is -1.99. The van der Waals surface area contributed by atoms with Gasteiger partial charge in [-0.3, -0.25) is 4.79 Å². The van der Waals surface area contributed by atoms with E-state index in [1.54, 1.807) is 0 Å². The fourth-order valence-electron chi connectivity index (χ4n) is 0.447. The van der Waals surface area contributed by atoms with E-state index in [0.717, 1.165) is 0 Å². The van der Waals surface area contributed by atoms with Crippen molar-refractivity contribution in [2.24, 2.45) is 22.2 Å². The number of guanidine groups is 1. The first-order valence-electron chi connectivity index (χ1n) is 3.26. The highest BCUT2D eigenvalue weighted by atomic mass is 16.4. The first kappa shape index (κ1) is 10.4. The third-order valence-electron chi connectivity index (χ3n) is 1.04. The molecule has 12 heavy (non-hydrogen) atoms. The van der Waals surface area contributed by atoms with E-state index in [9.17, 15) is 4.79 Å². The molecule has 0 bridgehead atoms. The molecule has 68 valence electrons. The minimum Gasteiger partial charge on any atom is -0.480 e. The van der Waals surface area contributed by atoms with Gasteiger partial charge in [0.1, 0.15) is 6.04 Å². The molecule has 0 aliphatic carbocycles. The van der Waals surface area contributed by atoms with Crippen LogP contribution in [0.15, 0.2) is 17.3 Å². The number of carbonyl (C=O) groups is 1. The second kappa shape index (κ2) is 5.14. The summed E-state index contributed by atoms with van der Waals surface area (Å²) in [7, 11) is 0. The van der Waals surface area contributed by atoms with Crippen molar-refractivity contribution in [3.8, 4) is 0 Å². The Hall–Kier alpha value is -1.56. The number of aliphatic carboxylic acids is 1. The van der Waals surface area contributed by atoms with Gasteiger partial charge in [-0.05, 0) is 6.42 Å². The van der Waals surface area contributed by atoms with Crippen molar-refractivity contribution in [1.29, 1.82) is 0 Å². The third kappa shape index (κ3) is 5.24. The number of aliphatic imine (C=N–C) groups is 1. The highest BCUT2D eigenvalue weighted by Crippen LogP contribution is 1.89. The first-order valence-corrected chi connectivity index (χ1v) is 3.26. The van der Waals surface area contributed by atoms with Crippen LogP contribution >= 0.6 is 0 Å². The maximum Gasteiger partial charge on any atom is 0.320 e. The van der Waals surface area contributed by atoms with Gasteiger partial charge < -0.3 is 22.3 Å². The van der Waals surface area contributed by atoms with Gasteiger partial charge in [-0.2, -0.15) is 0 Å². The van der Waals surface area contributed by atoms with Gasteiger partial charge in [0.15, 0.2) is 5.96 Å². The Balaban J connectivity index is 3.75. The Morgan fingerprint density at radius 1 is 1.58 bits per heavy atom. The van der Waals surface area contributed by atoms with Gasteiger partial charge in [-0.1, -0.05) is 6.08 Å². The number of nitrogens with two attached hydrogens (primary N) is 3. The van der Waals surface area contributed by atoms with Gasteiger partial charge in [0.2, 0.25) is 0 Å². The van der Waals surface area contributed by atoms with E-state index in [0.29, 0.717) is 0 Å². The topological polar surface area (TPSA) is 128 Å². The summed E-state index contributed by atoms with van der Waals surface area (Å²) < 4.78 is 0. The molecule has 0 aliphatic heterocycles. The maximum absolute atomic E-state index is 10.2. The molecule has 1 atom stereocenters. The Morgan fingerprint density at radius 3 is 2.58 bits per heavy atom. The van der Waals surface area contributed by atoms with E-state index in [2.05, 4.69) is 4.99 Å². The van der Waals surface area contributed by atoms with Crippen LogP contribution in [0.3, 0.4) is 0 Å². The Morgan fingerprint density at radius 2 is 2.17 bits per heavy atom. The average molecular weight is 172 g/mol. The molecule has 0 aromatic rings. The van der Waals surface area contributed by atoms with Gasteiger partial charge in [-0.25, -0.2) is 4.99 Å². The molecular weight excluding hydrogens is 160 g/mol. The molecule has 0 radical (unpaired) electrons. The molecule has 6 nitrogen and oxygen atoms in total. The molecule has 0 aliphatic rings. The molecule has 0 spiro atoms. The number of nitrogens with zero attached hydrogens (tertiary/aromatic N) is 1. The van der Waals surface area contributed by atoms with Crippen molar-refractivity contribution in [2.45, 2.75) is 12.5 Å². The molecule has 7 N–H and O–H groups in total. The van der Waals surface area contributed by atoms with Crippen LogP contribution in [-0.2, 0) is 4.79 Å². The van der Waals surface area contributed by atoms with Crippen molar-refractivity contribution in [1.82, 2.24) is 0 Å². The molecule has 6 heteroatoms. The van der Waals surface area contributed by atoms with Crippen LogP contribution in [0.25, 0.3) is 0 Å². The predicted molar refractivity (Wildman–Crippen MR) is 45.2 cm³/mol. The van der Waals surface area contributed by atoms with Gasteiger partial charge in [0.05, 0.1) is 0 Å². The van der Waals surface area contributed by atoms with E-state index >= 15 is 0 Å². The SMILES string of the molecule is NC(N)=N/C=C/CC(N)C(=O)O. The maximum atomic E-state index is 10.2. The van der Waals surface area contributed by atoms with Crippen LogP contribution < -0.4 is 17.2 Å². The van der Waals surface area contributed by atoms with Crippen LogP contribution in [0, 0.1) is 0 Å². The summed E-state index contributed by atoms with van der Waals surface area (Å²) in [4.78, 5) is 13.7. The molecule has 0 heterocycles. The normalized spacial score (nSPS) is 12.8. The Bertz CT molecular complexity index is 208. The van der Waals surface area contributed by atoms with E-state index in [1.807, 2.05) is 0 Å². The Kier molecular flexibility index (Phi) is 4.47. The number of hydrogen-bond donors (Lipinski definition) is 4. The number of carboxylic acids is 1. The largest absolute Gasteiger partial charge is 0.480 e. The highest BCUT2D eigenvalue weighted by Gasteiger charge is 2.07. The fourth-order valence-corrected chi connectivity index (χ4v) is 0.447. The van der Waals surface area contributed by atoms with E-state index in [-0.39, 0.29) is 12.4 Å². The lowest BCUT2D eigenvalue weighted by Crippen LogP contribution is -2.29. The first-order chi connectivity index (χ1) is 5.54. The summed E-state index contributed by atoms with van der Waals surface area (Å²) in [5, 5.41) is 8.35. The molecule has 0 aromatic carbocycles. The van der Waals surface area contributed by atoms with Gasteiger partial charge in [0, 0.05) is 6.20 Å². The molecule has 0 amide bonds. The van der Waals surface area contributed by atoms with E-state index in [4.69, 9.17) is 22.3 Å². The second-order valence-corrected chi connectivity index (χ2v) is 2.12. The molecule has 0 rings (SSSR count). The predicted octanol–water partition coefficient (Wildman–Crippen LogP) is -1.42. The van der Waals surface area contributed by atoms with Crippen molar-refractivity contribution in [2.75, 3.05) is 0 Å².